The Morgan fingerprint density at radius 2 is 2.31 bits per heavy atom. The van der Waals surface area contributed by atoms with Crippen LogP contribution in [0.25, 0.3) is 0 Å². The second-order valence-electron chi connectivity index (χ2n) is 4.62. The molecule has 0 saturated carbocycles. The predicted octanol–water partition coefficient (Wildman–Crippen LogP) is 1.55. The van der Waals surface area contributed by atoms with E-state index in [0.717, 1.165) is 25.2 Å². The van der Waals surface area contributed by atoms with Gasteiger partial charge in [-0.3, -0.25) is 10.00 Å². The monoisotopic (exact) mass is 223 g/mol. The van der Waals surface area contributed by atoms with Gasteiger partial charge in [-0.2, -0.15) is 5.10 Å². The molecule has 0 amide bonds. The van der Waals surface area contributed by atoms with Gasteiger partial charge in [0.05, 0.1) is 5.69 Å². The summed E-state index contributed by atoms with van der Waals surface area (Å²) >= 11 is 0. The van der Waals surface area contributed by atoms with Crippen molar-refractivity contribution >= 4 is 0 Å². The van der Waals surface area contributed by atoms with E-state index >= 15 is 0 Å². The van der Waals surface area contributed by atoms with Gasteiger partial charge in [-0.15, -0.1) is 0 Å². The normalized spacial score (nSPS) is 21.8. The zero-order valence-corrected chi connectivity index (χ0v) is 10.2. The maximum atomic E-state index is 8.91. The molecule has 2 N–H and O–H groups in total. The van der Waals surface area contributed by atoms with Crippen molar-refractivity contribution < 1.29 is 5.11 Å². The topological polar surface area (TPSA) is 52.2 Å². The minimum Gasteiger partial charge on any atom is -0.396 e. The fourth-order valence-corrected chi connectivity index (χ4v) is 2.75. The number of likely N-dealkylation sites (tertiary alicyclic amines) is 1. The number of aromatic amines is 1. The Bertz CT molecular complexity index is 329. The summed E-state index contributed by atoms with van der Waals surface area (Å²) in [5.41, 5.74) is 3.69. The minimum atomic E-state index is 0.284. The van der Waals surface area contributed by atoms with Crippen LogP contribution in [0.3, 0.4) is 0 Å². The molecule has 16 heavy (non-hydrogen) atoms. The van der Waals surface area contributed by atoms with Crippen LogP contribution in [-0.2, 0) is 0 Å². The van der Waals surface area contributed by atoms with Crippen LogP contribution in [-0.4, -0.2) is 39.9 Å². The molecule has 4 nitrogen and oxygen atoms in total. The molecule has 0 aliphatic carbocycles. The molecule has 1 aliphatic heterocycles. The average Bonchev–Trinajstić information content (AvgIpc) is 2.83. The van der Waals surface area contributed by atoms with Crippen molar-refractivity contribution in [2.75, 3.05) is 19.7 Å². The summed E-state index contributed by atoms with van der Waals surface area (Å²) in [7, 11) is 0. The first kappa shape index (κ1) is 11.6. The molecule has 4 heteroatoms. The van der Waals surface area contributed by atoms with Gasteiger partial charge in [0, 0.05) is 30.5 Å². The van der Waals surface area contributed by atoms with Gasteiger partial charge in [0.2, 0.25) is 0 Å². The molecular weight excluding hydrogens is 202 g/mol. The highest BCUT2D eigenvalue weighted by Gasteiger charge is 2.28. The van der Waals surface area contributed by atoms with Crippen LogP contribution in [0.5, 0.6) is 0 Å². The fraction of sp³-hybridized carbons (Fsp3) is 0.750. The maximum Gasteiger partial charge on any atom is 0.0641 e. The molecule has 1 fully saturated rings. The molecule has 0 spiro atoms. The second kappa shape index (κ2) is 4.97. The molecule has 0 radical (unpaired) electrons. The number of rotatable bonds is 4. The lowest BCUT2D eigenvalue weighted by atomic mass is 10.0. The van der Waals surface area contributed by atoms with Crippen LogP contribution in [0.2, 0.25) is 0 Å². The van der Waals surface area contributed by atoms with Gasteiger partial charge in [0.1, 0.15) is 0 Å². The van der Waals surface area contributed by atoms with Gasteiger partial charge >= 0.3 is 0 Å². The highest BCUT2D eigenvalue weighted by atomic mass is 16.3. The lowest BCUT2D eigenvalue weighted by Gasteiger charge is -2.24. The van der Waals surface area contributed by atoms with Crippen LogP contribution >= 0.6 is 0 Å². The van der Waals surface area contributed by atoms with Crippen LogP contribution in [0.4, 0.5) is 0 Å². The van der Waals surface area contributed by atoms with Crippen molar-refractivity contribution in [2.45, 2.75) is 39.2 Å². The molecule has 2 rings (SSSR count). The van der Waals surface area contributed by atoms with Gasteiger partial charge in [0.25, 0.3) is 0 Å². The van der Waals surface area contributed by atoms with E-state index in [1.807, 2.05) is 0 Å². The van der Waals surface area contributed by atoms with Crippen molar-refractivity contribution in [3.05, 3.63) is 17.0 Å². The van der Waals surface area contributed by atoms with Gasteiger partial charge in [-0.25, -0.2) is 0 Å². The fourth-order valence-electron chi connectivity index (χ4n) is 2.75. The molecule has 2 heterocycles. The molecule has 1 unspecified atom stereocenters. The molecule has 90 valence electrons. The van der Waals surface area contributed by atoms with Gasteiger partial charge < -0.3 is 5.11 Å². The number of nitrogens with one attached hydrogen (secondary N) is 1. The first-order valence-corrected chi connectivity index (χ1v) is 6.10. The molecule has 1 aromatic heterocycles. The highest BCUT2D eigenvalue weighted by molar-refractivity contribution is 5.28. The van der Waals surface area contributed by atoms with E-state index in [2.05, 4.69) is 28.9 Å². The standard InChI is InChI=1S/C12H21N3O/c1-9-12(10(2)14-13-9)11-5-3-6-15(11)7-4-8-16/h11,16H,3-8H2,1-2H3,(H,13,14). The maximum absolute atomic E-state index is 8.91. The van der Waals surface area contributed by atoms with E-state index in [-0.39, 0.29) is 6.61 Å². The number of aliphatic hydroxyl groups is 1. The van der Waals surface area contributed by atoms with E-state index in [1.165, 1.54) is 24.1 Å². The number of aryl methyl sites for hydroxylation is 2. The predicted molar refractivity (Wildman–Crippen MR) is 63.3 cm³/mol. The largest absolute Gasteiger partial charge is 0.396 e. The van der Waals surface area contributed by atoms with Crippen molar-refractivity contribution in [3.63, 3.8) is 0 Å². The summed E-state index contributed by atoms with van der Waals surface area (Å²) in [6, 6.07) is 0.505. The summed E-state index contributed by atoms with van der Waals surface area (Å²) in [6.45, 7) is 6.59. The third kappa shape index (κ3) is 2.13. The number of aliphatic hydroxyl groups excluding tert-OH is 1. The molecule has 0 bridgehead atoms. The number of hydrogen-bond acceptors (Lipinski definition) is 3. The first-order valence-electron chi connectivity index (χ1n) is 6.10. The van der Waals surface area contributed by atoms with Crippen molar-refractivity contribution in [1.82, 2.24) is 15.1 Å². The van der Waals surface area contributed by atoms with E-state index < -0.39 is 0 Å². The summed E-state index contributed by atoms with van der Waals surface area (Å²) in [4.78, 5) is 2.47. The Morgan fingerprint density at radius 3 is 2.94 bits per heavy atom. The number of aromatic nitrogens is 2. The van der Waals surface area contributed by atoms with Gasteiger partial charge in [-0.1, -0.05) is 0 Å². The number of hydrogen-bond donors (Lipinski definition) is 2. The Labute approximate surface area is 96.7 Å². The molecule has 1 saturated heterocycles. The van der Waals surface area contributed by atoms with Crippen LogP contribution in [0.15, 0.2) is 0 Å². The third-order valence-corrected chi connectivity index (χ3v) is 3.49. The summed E-state index contributed by atoms with van der Waals surface area (Å²) in [5, 5.41) is 16.2. The summed E-state index contributed by atoms with van der Waals surface area (Å²) in [5.74, 6) is 0. The van der Waals surface area contributed by atoms with E-state index in [9.17, 15) is 0 Å². The Balaban J connectivity index is 2.13. The minimum absolute atomic E-state index is 0.284. The Morgan fingerprint density at radius 1 is 1.50 bits per heavy atom. The van der Waals surface area contributed by atoms with Crippen molar-refractivity contribution in [3.8, 4) is 0 Å². The van der Waals surface area contributed by atoms with Crippen molar-refractivity contribution in [1.29, 1.82) is 0 Å². The van der Waals surface area contributed by atoms with Crippen molar-refractivity contribution in [2.24, 2.45) is 0 Å². The van der Waals surface area contributed by atoms with Gasteiger partial charge in [-0.05, 0) is 39.7 Å². The summed E-state index contributed by atoms with van der Waals surface area (Å²) < 4.78 is 0. The van der Waals surface area contributed by atoms with Crippen LogP contribution in [0.1, 0.15) is 42.3 Å². The van der Waals surface area contributed by atoms with E-state index in [4.69, 9.17) is 5.11 Å². The number of nitrogens with zero attached hydrogens (tertiary/aromatic N) is 2. The molecule has 1 aliphatic rings. The molecule has 1 atom stereocenters. The average molecular weight is 223 g/mol. The smallest absolute Gasteiger partial charge is 0.0641 e. The lowest BCUT2D eigenvalue weighted by Crippen LogP contribution is -2.25. The van der Waals surface area contributed by atoms with Gasteiger partial charge in [0.15, 0.2) is 0 Å². The Hall–Kier alpha value is -0.870. The third-order valence-electron chi connectivity index (χ3n) is 3.49. The molecule has 1 aromatic rings. The van der Waals surface area contributed by atoms with Crippen LogP contribution < -0.4 is 0 Å². The van der Waals surface area contributed by atoms with E-state index in [1.54, 1.807) is 0 Å². The quantitative estimate of drug-likeness (QED) is 0.814. The first-order chi connectivity index (χ1) is 7.74. The highest BCUT2D eigenvalue weighted by Crippen LogP contribution is 2.34. The lowest BCUT2D eigenvalue weighted by molar-refractivity contribution is 0.213. The molecular formula is C12H21N3O. The second-order valence-corrected chi connectivity index (χ2v) is 4.62. The Kier molecular flexibility index (Phi) is 3.61. The zero-order chi connectivity index (χ0) is 11.5. The SMILES string of the molecule is Cc1n[nH]c(C)c1C1CCCN1CCCO. The zero-order valence-electron chi connectivity index (χ0n) is 10.2. The number of H-pyrrole nitrogens is 1. The molecule has 0 aromatic carbocycles. The van der Waals surface area contributed by atoms with Crippen LogP contribution in [0, 0.1) is 13.8 Å². The van der Waals surface area contributed by atoms with E-state index in [0.29, 0.717) is 6.04 Å². The summed E-state index contributed by atoms with van der Waals surface area (Å²) in [6.07, 6.45) is 3.33.